The van der Waals surface area contributed by atoms with Gasteiger partial charge in [0.2, 0.25) is 0 Å². The lowest BCUT2D eigenvalue weighted by Crippen LogP contribution is -2.21. The summed E-state index contributed by atoms with van der Waals surface area (Å²) in [4.78, 5) is 0. The number of aliphatic hydroxyl groups is 2. The topological polar surface area (TPSA) is 66.5 Å². The van der Waals surface area contributed by atoms with E-state index in [1.807, 2.05) is 0 Å². The molecular weight excluding hydrogens is 106 g/mol. The predicted octanol–water partition coefficient (Wildman–Crippen LogP) is -1.31. The van der Waals surface area contributed by atoms with Crippen LogP contribution in [0.1, 0.15) is 6.42 Å². The monoisotopic (exact) mass is 117 g/mol. The SMILES string of the molecule is NC1CC1(CO)CO. The summed E-state index contributed by atoms with van der Waals surface area (Å²) in [5, 5.41) is 17.2. The van der Waals surface area contributed by atoms with Crippen molar-refractivity contribution < 1.29 is 10.2 Å². The third kappa shape index (κ3) is 0.632. The van der Waals surface area contributed by atoms with Crippen LogP contribution in [-0.2, 0) is 0 Å². The van der Waals surface area contributed by atoms with Gasteiger partial charge in [-0.25, -0.2) is 0 Å². The van der Waals surface area contributed by atoms with E-state index in [1.165, 1.54) is 0 Å². The van der Waals surface area contributed by atoms with E-state index in [0.29, 0.717) is 0 Å². The third-order valence-electron chi connectivity index (χ3n) is 1.88. The zero-order chi connectivity index (χ0) is 6.20. The molecule has 1 saturated carbocycles. The molecule has 1 aliphatic rings. The van der Waals surface area contributed by atoms with Gasteiger partial charge < -0.3 is 15.9 Å². The average molecular weight is 117 g/mol. The van der Waals surface area contributed by atoms with Crippen LogP contribution >= 0.6 is 0 Å². The first-order chi connectivity index (χ1) is 3.75. The Morgan fingerprint density at radius 3 is 1.88 bits per heavy atom. The van der Waals surface area contributed by atoms with Gasteiger partial charge in [-0.05, 0) is 6.42 Å². The largest absolute Gasteiger partial charge is 0.396 e. The molecule has 48 valence electrons. The summed E-state index contributed by atoms with van der Waals surface area (Å²) in [5.41, 5.74) is 5.08. The molecule has 0 spiro atoms. The Kier molecular flexibility index (Phi) is 1.27. The lowest BCUT2D eigenvalue weighted by Gasteiger charge is -2.05. The summed E-state index contributed by atoms with van der Waals surface area (Å²) in [6.07, 6.45) is 0.764. The Morgan fingerprint density at radius 1 is 1.50 bits per heavy atom. The van der Waals surface area contributed by atoms with E-state index in [4.69, 9.17) is 15.9 Å². The smallest absolute Gasteiger partial charge is 0.0524 e. The number of hydrogen-bond donors (Lipinski definition) is 3. The van der Waals surface area contributed by atoms with E-state index < -0.39 is 0 Å². The first-order valence-corrected chi connectivity index (χ1v) is 2.72. The van der Waals surface area contributed by atoms with Crippen molar-refractivity contribution in [3.05, 3.63) is 0 Å². The highest BCUT2D eigenvalue weighted by atomic mass is 16.3. The summed E-state index contributed by atoms with van der Waals surface area (Å²) in [6, 6.07) is 0.0255. The van der Waals surface area contributed by atoms with Gasteiger partial charge in [0.25, 0.3) is 0 Å². The molecule has 1 fully saturated rings. The summed E-state index contributed by atoms with van der Waals surface area (Å²) in [5.74, 6) is 0. The van der Waals surface area contributed by atoms with Crippen molar-refractivity contribution >= 4 is 0 Å². The molecule has 8 heavy (non-hydrogen) atoms. The summed E-state index contributed by atoms with van der Waals surface area (Å²) < 4.78 is 0. The van der Waals surface area contributed by atoms with Gasteiger partial charge in [0.1, 0.15) is 0 Å². The molecule has 0 aliphatic heterocycles. The number of hydrogen-bond acceptors (Lipinski definition) is 3. The van der Waals surface area contributed by atoms with Gasteiger partial charge in [0.15, 0.2) is 0 Å². The highest BCUT2D eigenvalue weighted by molar-refractivity contribution is 5.05. The van der Waals surface area contributed by atoms with Gasteiger partial charge in [0, 0.05) is 11.5 Å². The van der Waals surface area contributed by atoms with E-state index in [9.17, 15) is 0 Å². The number of nitrogens with two attached hydrogens (primary N) is 1. The zero-order valence-corrected chi connectivity index (χ0v) is 4.67. The van der Waals surface area contributed by atoms with Crippen molar-refractivity contribution in [2.45, 2.75) is 12.5 Å². The predicted molar refractivity (Wildman–Crippen MR) is 29.2 cm³/mol. The standard InChI is InChI=1S/C5H11NO2/c6-4-1-5(4,2-7)3-8/h4,7-8H,1-3,6H2. The molecule has 0 bridgehead atoms. The van der Waals surface area contributed by atoms with Gasteiger partial charge in [-0.2, -0.15) is 0 Å². The molecule has 3 nitrogen and oxygen atoms in total. The van der Waals surface area contributed by atoms with E-state index in [1.54, 1.807) is 0 Å². The van der Waals surface area contributed by atoms with Crippen molar-refractivity contribution in [1.82, 2.24) is 0 Å². The highest BCUT2D eigenvalue weighted by Gasteiger charge is 2.50. The van der Waals surface area contributed by atoms with E-state index in [-0.39, 0.29) is 24.7 Å². The molecule has 4 N–H and O–H groups in total. The molecule has 3 heteroatoms. The Balaban J connectivity index is 2.39. The molecule has 0 radical (unpaired) electrons. The molecule has 1 atom stereocenters. The van der Waals surface area contributed by atoms with Crippen LogP contribution in [0.4, 0.5) is 0 Å². The van der Waals surface area contributed by atoms with Crippen LogP contribution in [0.15, 0.2) is 0 Å². The second-order valence-electron chi connectivity index (χ2n) is 2.49. The van der Waals surface area contributed by atoms with Gasteiger partial charge >= 0.3 is 0 Å². The minimum atomic E-state index is -0.319. The van der Waals surface area contributed by atoms with Gasteiger partial charge in [-0.3, -0.25) is 0 Å². The molecule has 0 saturated heterocycles. The van der Waals surface area contributed by atoms with Gasteiger partial charge in [0.05, 0.1) is 13.2 Å². The van der Waals surface area contributed by atoms with Crippen LogP contribution in [0.25, 0.3) is 0 Å². The molecule has 0 heterocycles. The third-order valence-corrected chi connectivity index (χ3v) is 1.88. The van der Waals surface area contributed by atoms with Crippen molar-refractivity contribution in [3.63, 3.8) is 0 Å². The van der Waals surface area contributed by atoms with Crippen molar-refractivity contribution in [3.8, 4) is 0 Å². The molecular formula is C5H11NO2. The highest BCUT2D eigenvalue weighted by Crippen LogP contribution is 2.42. The number of rotatable bonds is 2. The van der Waals surface area contributed by atoms with Crippen LogP contribution in [0.2, 0.25) is 0 Å². The van der Waals surface area contributed by atoms with Crippen LogP contribution in [0.5, 0.6) is 0 Å². The zero-order valence-electron chi connectivity index (χ0n) is 4.67. The maximum Gasteiger partial charge on any atom is 0.0524 e. The average Bonchev–Trinajstić information content (AvgIpc) is 2.43. The number of aliphatic hydroxyl groups excluding tert-OH is 2. The maximum absolute atomic E-state index is 8.59. The van der Waals surface area contributed by atoms with Crippen LogP contribution < -0.4 is 5.73 Å². The second-order valence-corrected chi connectivity index (χ2v) is 2.49. The fraction of sp³-hybridized carbons (Fsp3) is 1.00. The summed E-state index contributed by atoms with van der Waals surface area (Å²) in [6.45, 7) is 0.0370. The maximum atomic E-state index is 8.59. The first-order valence-electron chi connectivity index (χ1n) is 2.72. The minimum absolute atomic E-state index is 0.0185. The van der Waals surface area contributed by atoms with E-state index in [0.717, 1.165) is 6.42 Å². The van der Waals surface area contributed by atoms with Gasteiger partial charge in [-0.1, -0.05) is 0 Å². The molecule has 1 unspecified atom stereocenters. The van der Waals surface area contributed by atoms with Gasteiger partial charge in [-0.15, -0.1) is 0 Å². The van der Waals surface area contributed by atoms with Crippen LogP contribution in [0, 0.1) is 5.41 Å². The van der Waals surface area contributed by atoms with E-state index in [2.05, 4.69) is 0 Å². The Labute approximate surface area is 48.1 Å². The minimum Gasteiger partial charge on any atom is -0.396 e. The van der Waals surface area contributed by atoms with E-state index >= 15 is 0 Å². The van der Waals surface area contributed by atoms with Crippen molar-refractivity contribution in [2.75, 3.05) is 13.2 Å². The molecule has 0 aromatic carbocycles. The molecule has 0 aromatic heterocycles. The fourth-order valence-electron chi connectivity index (χ4n) is 0.793. The van der Waals surface area contributed by atoms with Crippen LogP contribution in [-0.4, -0.2) is 29.5 Å². The Hall–Kier alpha value is -0.120. The van der Waals surface area contributed by atoms with Crippen molar-refractivity contribution in [2.24, 2.45) is 11.1 Å². The lowest BCUT2D eigenvalue weighted by molar-refractivity contribution is 0.130. The molecule has 1 aliphatic carbocycles. The van der Waals surface area contributed by atoms with Crippen molar-refractivity contribution in [1.29, 1.82) is 0 Å². The molecule has 0 amide bonds. The molecule has 0 aromatic rings. The summed E-state index contributed by atoms with van der Waals surface area (Å²) in [7, 11) is 0. The lowest BCUT2D eigenvalue weighted by atomic mass is 10.1. The first kappa shape index (κ1) is 6.01. The fourth-order valence-corrected chi connectivity index (χ4v) is 0.793. The molecule has 1 rings (SSSR count). The Morgan fingerprint density at radius 2 is 1.88 bits per heavy atom. The normalized spacial score (nSPS) is 32.6. The van der Waals surface area contributed by atoms with Crippen LogP contribution in [0.3, 0.4) is 0 Å². The summed E-state index contributed by atoms with van der Waals surface area (Å²) >= 11 is 0. The Bertz CT molecular complexity index is 84.9. The quantitative estimate of drug-likeness (QED) is 0.420. The second kappa shape index (κ2) is 1.69.